The van der Waals surface area contributed by atoms with Crippen LogP contribution in [0.1, 0.15) is 25.8 Å². The Morgan fingerprint density at radius 1 is 1.32 bits per heavy atom. The molecule has 1 aromatic rings. The van der Waals surface area contributed by atoms with Crippen molar-refractivity contribution < 1.29 is 9.53 Å². The molecule has 0 spiro atoms. The van der Waals surface area contributed by atoms with Crippen LogP contribution >= 0.6 is 15.9 Å². The lowest BCUT2D eigenvalue weighted by molar-refractivity contribution is -0.121. The first-order valence-corrected chi connectivity index (χ1v) is 8.61. The molecule has 1 amide bonds. The maximum atomic E-state index is 12.1. The van der Waals surface area contributed by atoms with Gasteiger partial charge in [-0.2, -0.15) is 0 Å². The van der Waals surface area contributed by atoms with Gasteiger partial charge in [0.15, 0.2) is 0 Å². The van der Waals surface area contributed by atoms with E-state index in [9.17, 15) is 4.79 Å². The largest absolute Gasteiger partial charge is 0.379 e. The molecule has 0 bridgehead atoms. The van der Waals surface area contributed by atoms with E-state index in [1.165, 1.54) is 5.56 Å². The number of nitrogens with one attached hydrogen (secondary N) is 1. The van der Waals surface area contributed by atoms with Crippen molar-refractivity contribution >= 4 is 21.8 Å². The fourth-order valence-electron chi connectivity index (χ4n) is 2.63. The van der Waals surface area contributed by atoms with Gasteiger partial charge >= 0.3 is 0 Å². The Bertz CT molecular complexity index is 499. The summed E-state index contributed by atoms with van der Waals surface area (Å²) in [4.78, 5) is 14.5. The molecule has 0 unspecified atom stereocenters. The van der Waals surface area contributed by atoms with E-state index in [4.69, 9.17) is 4.74 Å². The molecule has 1 heterocycles. The molecule has 122 valence electrons. The van der Waals surface area contributed by atoms with Crippen LogP contribution in [0.3, 0.4) is 0 Å². The Morgan fingerprint density at radius 3 is 2.68 bits per heavy atom. The molecule has 0 aromatic heterocycles. The Kier molecular flexibility index (Phi) is 6.41. The number of halogens is 1. The smallest absolute Gasteiger partial charge is 0.220 e. The van der Waals surface area contributed by atoms with Crippen LogP contribution < -0.4 is 5.32 Å². The van der Waals surface area contributed by atoms with Crippen LogP contribution in [0.4, 0.5) is 0 Å². The standard InChI is InChI=1S/C17H25BrN2O2/c1-17(2,20-9-11-22-12-10-20)13-19-16(21)8-7-14-5-3-4-6-15(14)18/h3-6H,7-13H2,1-2H3,(H,19,21). The van der Waals surface area contributed by atoms with Crippen LogP contribution in [0.25, 0.3) is 0 Å². The number of hydrogen-bond acceptors (Lipinski definition) is 3. The Hall–Kier alpha value is -0.910. The zero-order valence-electron chi connectivity index (χ0n) is 13.4. The summed E-state index contributed by atoms with van der Waals surface area (Å²) < 4.78 is 6.45. The molecule has 5 heteroatoms. The Labute approximate surface area is 141 Å². The highest BCUT2D eigenvalue weighted by atomic mass is 79.9. The van der Waals surface area contributed by atoms with Gasteiger partial charge in [-0.05, 0) is 31.9 Å². The molecule has 0 saturated carbocycles. The maximum Gasteiger partial charge on any atom is 0.220 e. The molecular weight excluding hydrogens is 344 g/mol. The topological polar surface area (TPSA) is 41.6 Å². The van der Waals surface area contributed by atoms with Crippen molar-refractivity contribution in [2.24, 2.45) is 0 Å². The summed E-state index contributed by atoms with van der Waals surface area (Å²) in [5, 5.41) is 3.07. The first-order valence-electron chi connectivity index (χ1n) is 7.82. The van der Waals surface area contributed by atoms with Crippen LogP contribution in [0.2, 0.25) is 0 Å². The predicted octanol–water partition coefficient (Wildman–Crippen LogP) is 2.61. The van der Waals surface area contributed by atoms with Gasteiger partial charge < -0.3 is 10.1 Å². The first kappa shape index (κ1) is 17.4. The summed E-state index contributed by atoms with van der Waals surface area (Å²) in [5.41, 5.74) is 1.14. The fraction of sp³-hybridized carbons (Fsp3) is 0.588. The van der Waals surface area contributed by atoms with E-state index in [1.54, 1.807) is 0 Å². The van der Waals surface area contributed by atoms with Crippen molar-refractivity contribution in [3.63, 3.8) is 0 Å². The molecule has 22 heavy (non-hydrogen) atoms. The number of morpholine rings is 1. The van der Waals surface area contributed by atoms with E-state index < -0.39 is 0 Å². The summed E-state index contributed by atoms with van der Waals surface area (Å²) in [6.07, 6.45) is 1.27. The number of benzene rings is 1. The second-order valence-electron chi connectivity index (χ2n) is 6.28. The molecule has 0 radical (unpaired) electrons. The van der Waals surface area contributed by atoms with Gasteiger partial charge in [0.2, 0.25) is 5.91 Å². The molecule has 1 fully saturated rings. The van der Waals surface area contributed by atoms with Crippen LogP contribution in [-0.2, 0) is 16.0 Å². The van der Waals surface area contributed by atoms with Crippen molar-refractivity contribution in [1.82, 2.24) is 10.2 Å². The number of ether oxygens (including phenoxy) is 1. The summed E-state index contributed by atoms with van der Waals surface area (Å²) in [6, 6.07) is 8.04. The lowest BCUT2D eigenvalue weighted by atomic mass is 10.0. The van der Waals surface area contributed by atoms with Gasteiger partial charge in [-0.25, -0.2) is 0 Å². The number of nitrogens with zero attached hydrogens (tertiary/aromatic N) is 1. The molecule has 2 rings (SSSR count). The normalized spacial score (nSPS) is 16.5. The molecule has 1 aromatic carbocycles. The van der Waals surface area contributed by atoms with Crippen LogP contribution in [-0.4, -0.2) is 49.2 Å². The monoisotopic (exact) mass is 368 g/mol. The van der Waals surface area contributed by atoms with E-state index in [0.29, 0.717) is 13.0 Å². The lowest BCUT2D eigenvalue weighted by Crippen LogP contribution is -2.55. The molecule has 1 aliphatic heterocycles. The third kappa shape index (κ3) is 5.07. The maximum absolute atomic E-state index is 12.1. The molecule has 0 atom stereocenters. The van der Waals surface area contributed by atoms with E-state index >= 15 is 0 Å². The SMILES string of the molecule is CC(C)(CNC(=O)CCc1ccccc1Br)N1CCOCC1. The van der Waals surface area contributed by atoms with Gasteiger partial charge in [-0.3, -0.25) is 9.69 Å². The molecule has 1 N–H and O–H groups in total. The molecule has 4 nitrogen and oxygen atoms in total. The van der Waals surface area contributed by atoms with Crippen molar-refractivity contribution in [3.05, 3.63) is 34.3 Å². The van der Waals surface area contributed by atoms with Gasteiger partial charge in [0.1, 0.15) is 0 Å². The van der Waals surface area contributed by atoms with Gasteiger partial charge in [0.25, 0.3) is 0 Å². The van der Waals surface area contributed by atoms with E-state index in [-0.39, 0.29) is 11.4 Å². The third-order valence-corrected chi connectivity index (χ3v) is 4.94. The molecule has 0 aliphatic carbocycles. The lowest BCUT2D eigenvalue weighted by Gasteiger charge is -2.40. The summed E-state index contributed by atoms with van der Waals surface area (Å²) in [6.45, 7) is 8.43. The highest BCUT2D eigenvalue weighted by Gasteiger charge is 2.28. The minimum Gasteiger partial charge on any atom is -0.379 e. The minimum absolute atomic E-state index is 0.0350. The van der Waals surface area contributed by atoms with Crippen molar-refractivity contribution in [2.45, 2.75) is 32.2 Å². The summed E-state index contributed by atoms with van der Waals surface area (Å²) >= 11 is 3.52. The van der Waals surface area contributed by atoms with Gasteiger partial charge in [-0.15, -0.1) is 0 Å². The van der Waals surface area contributed by atoms with Crippen molar-refractivity contribution in [3.8, 4) is 0 Å². The van der Waals surface area contributed by atoms with Crippen molar-refractivity contribution in [2.75, 3.05) is 32.8 Å². The zero-order valence-corrected chi connectivity index (χ0v) is 15.0. The summed E-state index contributed by atoms with van der Waals surface area (Å²) in [7, 11) is 0. The number of carbonyl (C=O) groups is 1. The zero-order chi connectivity index (χ0) is 16.0. The van der Waals surface area contributed by atoms with Crippen LogP contribution in [0, 0.1) is 0 Å². The highest BCUT2D eigenvalue weighted by molar-refractivity contribution is 9.10. The van der Waals surface area contributed by atoms with Crippen LogP contribution in [0.15, 0.2) is 28.7 Å². The number of carbonyl (C=O) groups excluding carboxylic acids is 1. The first-order chi connectivity index (χ1) is 10.5. The van der Waals surface area contributed by atoms with Crippen molar-refractivity contribution in [1.29, 1.82) is 0 Å². The fourth-order valence-corrected chi connectivity index (χ4v) is 3.12. The van der Waals surface area contributed by atoms with E-state index in [1.807, 2.05) is 18.2 Å². The van der Waals surface area contributed by atoms with Gasteiger partial charge in [0.05, 0.1) is 13.2 Å². The molecule has 1 saturated heterocycles. The third-order valence-electron chi connectivity index (χ3n) is 4.16. The number of aryl methyl sites for hydroxylation is 1. The quantitative estimate of drug-likeness (QED) is 0.838. The van der Waals surface area contributed by atoms with E-state index in [0.717, 1.165) is 37.2 Å². The molecule has 1 aliphatic rings. The van der Waals surface area contributed by atoms with E-state index in [2.05, 4.69) is 46.1 Å². The Balaban J connectivity index is 1.76. The van der Waals surface area contributed by atoms with Gasteiger partial charge in [-0.1, -0.05) is 34.1 Å². The average Bonchev–Trinajstić information content (AvgIpc) is 2.53. The Morgan fingerprint density at radius 2 is 2.00 bits per heavy atom. The highest BCUT2D eigenvalue weighted by Crippen LogP contribution is 2.18. The number of hydrogen-bond donors (Lipinski definition) is 1. The number of amides is 1. The second-order valence-corrected chi connectivity index (χ2v) is 7.13. The summed E-state index contributed by atoms with van der Waals surface area (Å²) in [5.74, 6) is 0.108. The van der Waals surface area contributed by atoms with Crippen LogP contribution in [0.5, 0.6) is 0 Å². The predicted molar refractivity (Wildman–Crippen MR) is 91.9 cm³/mol. The molecular formula is C17H25BrN2O2. The minimum atomic E-state index is -0.0350. The average molecular weight is 369 g/mol. The second kappa shape index (κ2) is 8.09. The van der Waals surface area contributed by atoms with Gasteiger partial charge in [0, 0.05) is 36.1 Å². The number of rotatable bonds is 6.